The molecule has 0 atom stereocenters. The number of fused-ring (bicyclic) bond motifs is 2. The summed E-state index contributed by atoms with van der Waals surface area (Å²) in [5.74, 6) is 1.96. The van der Waals surface area contributed by atoms with E-state index in [4.69, 9.17) is 24.2 Å². The summed E-state index contributed by atoms with van der Waals surface area (Å²) >= 11 is 0. The predicted molar refractivity (Wildman–Crippen MR) is 179 cm³/mol. The molecule has 1 aliphatic rings. The first-order valence-electron chi connectivity index (χ1n) is 15.5. The highest BCUT2D eigenvalue weighted by Gasteiger charge is 2.21. The van der Waals surface area contributed by atoms with Gasteiger partial charge in [-0.3, -0.25) is 4.98 Å². The lowest BCUT2D eigenvalue weighted by molar-refractivity contribution is 0.122. The molecule has 0 spiro atoms. The van der Waals surface area contributed by atoms with E-state index in [1.807, 2.05) is 66.9 Å². The average Bonchev–Trinajstić information content (AvgIpc) is 3.43. The van der Waals surface area contributed by atoms with Crippen LogP contribution in [0.3, 0.4) is 0 Å². The molecule has 232 valence electrons. The Morgan fingerprint density at radius 3 is 2.59 bits per heavy atom. The molecular weight excluding hydrogens is 580 g/mol. The van der Waals surface area contributed by atoms with Crippen LogP contribution in [0.2, 0.25) is 0 Å². The predicted octanol–water partition coefficient (Wildman–Crippen LogP) is 7.66. The van der Waals surface area contributed by atoms with Gasteiger partial charge in [-0.1, -0.05) is 54.6 Å². The molecule has 1 aliphatic heterocycles. The third kappa shape index (κ3) is 5.84. The Kier molecular flexibility index (Phi) is 8.22. The number of H-pyrrole nitrogens is 1. The van der Waals surface area contributed by atoms with E-state index in [-0.39, 0.29) is 5.88 Å². The van der Waals surface area contributed by atoms with E-state index in [1.165, 1.54) is 0 Å². The highest BCUT2D eigenvalue weighted by Crippen LogP contribution is 2.40. The van der Waals surface area contributed by atoms with Crippen LogP contribution in [0.1, 0.15) is 17.5 Å². The van der Waals surface area contributed by atoms with Crippen molar-refractivity contribution in [2.75, 3.05) is 37.8 Å². The fraction of sp³-hybridized carbons (Fsp3) is 0.216. The summed E-state index contributed by atoms with van der Waals surface area (Å²) in [6, 6.07) is 26.2. The zero-order chi connectivity index (χ0) is 31.5. The topological polar surface area (TPSA) is 110 Å². The number of hydrogen-bond acceptors (Lipinski definition) is 7. The monoisotopic (exact) mass is 614 g/mol. The number of para-hydroxylation sites is 1. The highest BCUT2D eigenvalue weighted by molar-refractivity contribution is 6.01. The second-order valence-electron chi connectivity index (χ2n) is 11.3. The lowest BCUT2D eigenvalue weighted by Crippen LogP contribution is -2.36. The van der Waals surface area contributed by atoms with Crippen molar-refractivity contribution in [1.82, 2.24) is 15.0 Å². The summed E-state index contributed by atoms with van der Waals surface area (Å²) < 4.78 is 17.0. The van der Waals surface area contributed by atoms with Gasteiger partial charge in [-0.2, -0.15) is 0 Å². The normalized spacial score (nSPS) is 13.3. The van der Waals surface area contributed by atoms with E-state index in [1.54, 1.807) is 6.20 Å². The number of nitrogens with one attached hydrogen (secondary N) is 1. The van der Waals surface area contributed by atoms with E-state index in [0.29, 0.717) is 32.7 Å². The number of carboxylic acid groups (broad SMARTS) is 1. The number of aromatic nitrogens is 3. The maximum atomic E-state index is 11.7. The summed E-state index contributed by atoms with van der Waals surface area (Å²) in [6.07, 6.45) is 3.52. The largest absolute Gasteiger partial charge is 0.512 e. The van der Waals surface area contributed by atoms with Crippen LogP contribution in [0, 0.1) is 6.92 Å². The zero-order valence-corrected chi connectivity index (χ0v) is 25.5. The Morgan fingerprint density at radius 1 is 0.957 bits per heavy atom. The Hall–Kier alpha value is -5.41. The first kappa shape index (κ1) is 29.3. The van der Waals surface area contributed by atoms with Crippen molar-refractivity contribution in [1.29, 1.82) is 0 Å². The van der Waals surface area contributed by atoms with E-state index < -0.39 is 6.16 Å². The SMILES string of the molecule is Cc1ccnc(-c2ccc(N3CCOCC3)nc2)c1-c1cccc2c(CCCOc3cccc4ccccc34)c(OC(=O)O)[nH]c12. The molecule has 0 radical (unpaired) electrons. The molecule has 1 fully saturated rings. The van der Waals surface area contributed by atoms with Gasteiger partial charge in [0, 0.05) is 58.5 Å². The first-order valence-corrected chi connectivity index (χ1v) is 15.5. The summed E-state index contributed by atoms with van der Waals surface area (Å²) in [4.78, 5) is 26.8. The van der Waals surface area contributed by atoms with E-state index in [2.05, 4.69) is 35.0 Å². The van der Waals surface area contributed by atoms with Crippen LogP contribution in [0.15, 0.2) is 91.3 Å². The molecule has 0 bridgehead atoms. The van der Waals surface area contributed by atoms with Crippen molar-refractivity contribution >= 4 is 33.6 Å². The van der Waals surface area contributed by atoms with Gasteiger partial charge in [0.15, 0.2) is 0 Å². The number of carbonyl (C=O) groups is 1. The number of rotatable bonds is 9. The zero-order valence-electron chi connectivity index (χ0n) is 25.5. The van der Waals surface area contributed by atoms with Gasteiger partial charge in [0.1, 0.15) is 11.6 Å². The maximum absolute atomic E-state index is 11.7. The van der Waals surface area contributed by atoms with Gasteiger partial charge in [-0.15, -0.1) is 0 Å². The number of morpholine rings is 1. The lowest BCUT2D eigenvalue weighted by Gasteiger charge is -2.27. The van der Waals surface area contributed by atoms with Crippen LogP contribution in [0.5, 0.6) is 11.6 Å². The number of pyridine rings is 2. The minimum atomic E-state index is -1.37. The quantitative estimate of drug-likeness (QED) is 0.126. The van der Waals surface area contributed by atoms with Gasteiger partial charge >= 0.3 is 6.16 Å². The molecule has 0 aliphatic carbocycles. The van der Waals surface area contributed by atoms with E-state index in [0.717, 1.165) is 79.8 Å². The fourth-order valence-corrected chi connectivity index (χ4v) is 6.26. The van der Waals surface area contributed by atoms with Crippen molar-refractivity contribution in [2.24, 2.45) is 0 Å². The van der Waals surface area contributed by atoms with Crippen LogP contribution >= 0.6 is 0 Å². The molecular formula is C37H34N4O5. The van der Waals surface area contributed by atoms with E-state index in [9.17, 15) is 9.90 Å². The van der Waals surface area contributed by atoms with Crippen molar-refractivity contribution in [2.45, 2.75) is 19.8 Å². The molecule has 0 amide bonds. The van der Waals surface area contributed by atoms with Crippen LogP contribution in [0.25, 0.3) is 44.1 Å². The van der Waals surface area contributed by atoms with E-state index >= 15 is 0 Å². The number of anilines is 1. The van der Waals surface area contributed by atoms with Crippen LogP contribution in [0.4, 0.5) is 10.6 Å². The molecule has 7 rings (SSSR count). The fourth-order valence-electron chi connectivity index (χ4n) is 6.26. The number of aryl methyl sites for hydroxylation is 2. The molecule has 46 heavy (non-hydrogen) atoms. The molecule has 2 N–H and O–H groups in total. The Morgan fingerprint density at radius 2 is 1.76 bits per heavy atom. The van der Waals surface area contributed by atoms with Crippen molar-refractivity contribution < 1.29 is 24.1 Å². The Balaban J connectivity index is 1.20. The molecule has 0 unspecified atom stereocenters. The van der Waals surface area contributed by atoms with Crippen LogP contribution in [-0.4, -0.2) is 59.1 Å². The molecule has 0 saturated carbocycles. The smallest absolute Gasteiger partial charge is 0.493 e. The minimum absolute atomic E-state index is 0.222. The number of benzene rings is 3. The lowest BCUT2D eigenvalue weighted by atomic mass is 9.94. The third-order valence-corrected chi connectivity index (χ3v) is 8.45. The van der Waals surface area contributed by atoms with Crippen molar-refractivity contribution in [3.8, 4) is 34.0 Å². The number of hydrogen-bond donors (Lipinski definition) is 2. The number of nitrogens with zero attached hydrogens (tertiary/aromatic N) is 3. The highest BCUT2D eigenvalue weighted by atomic mass is 16.7. The second kappa shape index (κ2) is 12.9. The molecule has 1 saturated heterocycles. The number of aromatic amines is 1. The van der Waals surface area contributed by atoms with Gasteiger partial charge in [0.25, 0.3) is 0 Å². The van der Waals surface area contributed by atoms with Crippen LogP contribution < -0.4 is 14.4 Å². The number of ether oxygens (including phenoxy) is 3. The van der Waals surface area contributed by atoms with Gasteiger partial charge in [0.05, 0.1) is 31.0 Å². The molecule has 9 heteroatoms. The molecule has 9 nitrogen and oxygen atoms in total. The van der Waals surface area contributed by atoms with Gasteiger partial charge in [0.2, 0.25) is 5.88 Å². The molecule has 4 heterocycles. The molecule has 6 aromatic rings. The Labute approximate surface area is 266 Å². The van der Waals surface area contributed by atoms with Gasteiger partial charge < -0.3 is 29.2 Å². The first-order chi connectivity index (χ1) is 22.6. The van der Waals surface area contributed by atoms with Crippen LogP contribution in [-0.2, 0) is 11.2 Å². The summed E-state index contributed by atoms with van der Waals surface area (Å²) in [6.45, 7) is 5.53. The third-order valence-electron chi connectivity index (χ3n) is 8.45. The van der Waals surface area contributed by atoms with Crippen molar-refractivity contribution in [3.63, 3.8) is 0 Å². The summed E-state index contributed by atoms with van der Waals surface area (Å²) in [5.41, 5.74) is 6.17. The second-order valence-corrected chi connectivity index (χ2v) is 11.3. The van der Waals surface area contributed by atoms with Gasteiger partial charge in [-0.25, -0.2) is 9.78 Å². The minimum Gasteiger partial charge on any atom is -0.493 e. The maximum Gasteiger partial charge on any atom is 0.512 e. The molecule has 3 aromatic carbocycles. The molecule has 3 aromatic heterocycles. The van der Waals surface area contributed by atoms with Gasteiger partial charge in [-0.05, 0) is 55.0 Å². The van der Waals surface area contributed by atoms with Crippen molar-refractivity contribution in [3.05, 3.63) is 102 Å². The standard InChI is InChI=1S/C37H34N4O5/c1-24-16-17-38-34(26-14-15-32(39-23-26)41-18-21-44-22-19-41)33(24)30-11-5-10-28-29(36(40-35(28)30)46-37(42)43)12-6-20-45-31-13-4-8-25-7-2-3-9-27(25)31/h2-5,7-11,13-17,23,40H,6,12,18-22H2,1H3,(H,42,43). The summed E-state index contributed by atoms with van der Waals surface area (Å²) in [7, 11) is 0. The summed E-state index contributed by atoms with van der Waals surface area (Å²) in [5, 5.41) is 12.7. The average molecular weight is 615 g/mol. The Bertz CT molecular complexity index is 2010.